The number of hydrogen-bond acceptors (Lipinski definition) is 1. The average Bonchev–Trinajstić information content (AvgIpc) is 1.84. The van der Waals surface area contributed by atoms with Crippen LogP contribution in [0.1, 0.15) is 26.2 Å². The third-order valence-corrected chi connectivity index (χ3v) is 3.32. The third kappa shape index (κ3) is 0.959. The van der Waals surface area contributed by atoms with Crippen LogP contribution in [-0.2, 0) is 4.79 Å². The molecule has 0 heterocycles. The maximum absolute atomic E-state index is 10.7. The molecule has 0 spiro atoms. The highest BCUT2D eigenvalue weighted by atomic mass is 16.4. The first-order chi connectivity index (χ1) is 5.18. The van der Waals surface area contributed by atoms with E-state index in [1.165, 1.54) is 6.42 Å². The number of aliphatic carboxylic acids is 1. The minimum atomic E-state index is -0.557. The molecule has 0 aliphatic heterocycles. The average molecular weight is 154 g/mol. The second kappa shape index (κ2) is 2.23. The van der Waals surface area contributed by atoms with Gasteiger partial charge < -0.3 is 5.11 Å². The number of carboxylic acids is 1. The lowest BCUT2D eigenvalue weighted by Crippen LogP contribution is -2.47. The van der Waals surface area contributed by atoms with Gasteiger partial charge in [0, 0.05) is 0 Å². The molecule has 11 heavy (non-hydrogen) atoms. The van der Waals surface area contributed by atoms with Crippen molar-refractivity contribution in [2.75, 3.05) is 0 Å². The van der Waals surface area contributed by atoms with Crippen molar-refractivity contribution >= 4 is 5.97 Å². The summed E-state index contributed by atoms with van der Waals surface area (Å²) in [6, 6.07) is 0. The Morgan fingerprint density at radius 2 is 1.82 bits per heavy atom. The van der Waals surface area contributed by atoms with Crippen LogP contribution >= 0.6 is 0 Å². The zero-order valence-corrected chi connectivity index (χ0v) is 6.79. The molecule has 0 saturated heterocycles. The Kier molecular flexibility index (Phi) is 1.44. The monoisotopic (exact) mass is 154 g/mol. The van der Waals surface area contributed by atoms with Crippen molar-refractivity contribution in [3.05, 3.63) is 0 Å². The maximum Gasteiger partial charge on any atom is 0.307 e. The van der Waals surface area contributed by atoms with Crippen molar-refractivity contribution in [1.29, 1.82) is 0 Å². The number of hydrogen-bond donors (Lipinski definition) is 1. The molecule has 3 aliphatic rings. The van der Waals surface area contributed by atoms with Crippen molar-refractivity contribution in [3.8, 4) is 0 Å². The van der Waals surface area contributed by atoms with Gasteiger partial charge in [-0.2, -0.15) is 0 Å². The van der Waals surface area contributed by atoms with E-state index in [9.17, 15) is 4.79 Å². The van der Waals surface area contributed by atoms with Crippen molar-refractivity contribution in [2.24, 2.45) is 23.7 Å². The number of fused-ring (bicyclic) bond motifs is 2. The Hall–Kier alpha value is -0.530. The summed E-state index contributed by atoms with van der Waals surface area (Å²) in [6.45, 7) is 2.23. The van der Waals surface area contributed by atoms with Crippen LogP contribution in [0.25, 0.3) is 0 Å². The normalized spacial score (nSPS) is 48.1. The molecule has 62 valence electrons. The van der Waals surface area contributed by atoms with Crippen LogP contribution in [0, 0.1) is 23.7 Å². The van der Waals surface area contributed by atoms with Gasteiger partial charge in [0.2, 0.25) is 0 Å². The summed E-state index contributed by atoms with van der Waals surface area (Å²) in [5, 5.41) is 8.83. The Bertz CT molecular complexity index is 176. The minimum absolute atomic E-state index is 0.0196. The summed E-state index contributed by atoms with van der Waals surface area (Å²) in [5.41, 5.74) is 0. The predicted molar refractivity (Wildman–Crippen MR) is 41.1 cm³/mol. The molecular formula is C9H14O2. The van der Waals surface area contributed by atoms with Gasteiger partial charge in [-0.15, -0.1) is 0 Å². The molecular weight excluding hydrogens is 140 g/mol. The number of carbonyl (C=O) groups is 1. The molecule has 1 N–H and O–H groups in total. The van der Waals surface area contributed by atoms with Gasteiger partial charge in [0.05, 0.1) is 5.92 Å². The van der Waals surface area contributed by atoms with Crippen LogP contribution in [0.15, 0.2) is 0 Å². The second-order valence-corrected chi connectivity index (χ2v) is 4.20. The predicted octanol–water partition coefficient (Wildman–Crippen LogP) is 1.75. The first-order valence-electron chi connectivity index (χ1n) is 4.41. The van der Waals surface area contributed by atoms with Crippen LogP contribution < -0.4 is 0 Å². The lowest BCUT2D eigenvalue weighted by atomic mass is 9.54. The van der Waals surface area contributed by atoms with E-state index in [4.69, 9.17) is 5.11 Å². The number of rotatable bonds is 1. The molecule has 2 unspecified atom stereocenters. The molecule has 2 nitrogen and oxygen atoms in total. The van der Waals surface area contributed by atoms with E-state index < -0.39 is 5.97 Å². The molecule has 3 rings (SSSR count). The van der Waals surface area contributed by atoms with Gasteiger partial charge in [0.1, 0.15) is 0 Å². The lowest BCUT2D eigenvalue weighted by Gasteiger charge is -2.49. The van der Waals surface area contributed by atoms with E-state index in [0.717, 1.165) is 18.8 Å². The van der Waals surface area contributed by atoms with Crippen molar-refractivity contribution in [2.45, 2.75) is 26.2 Å². The highest BCUT2D eigenvalue weighted by Crippen LogP contribution is 2.52. The fraction of sp³-hybridized carbons (Fsp3) is 0.889. The van der Waals surface area contributed by atoms with Gasteiger partial charge in [-0.3, -0.25) is 4.79 Å². The van der Waals surface area contributed by atoms with Crippen LogP contribution in [-0.4, -0.2) is 11.1 Å². The second-order valence-electron chi connectivity index (χ2n) is 4.20. The van der Waals surface area contributed by atoms with E-state index in [2.05, 4.69) is 6.92 Å². The SMILES string of the molecule is CC1CC2CC(C1)C2C(=O)O. The van der Waals surface area contributed by atoms with E-state index >= 15 is 0 Å². The summed E-state index contributed by atoms with van der Waals surface area (Å²) >= 11 is 0. The fourth-order valence-electron chi connectivity index (χ4n) is 2.89. The molecule has 0 aromatic heterocycles. The van der Waals surface area contributed by atoms with Gasteiger partial charge in [-0.05, 0) is 37.0 Å². The van der Waals surface area contributed by atoms with Gasteiger partial charge in [0.25, 0.3) is 0 Å². The van der Waals surface area contributed by atoms with Gasteiger partial charge in [-0.1, -0.05) is 6.92 Å². The molecule has 2 atom stereocenters. The van der Waals surface area contributed by atoms with E-state index in [1.54, 1.807) is 0 Å². The standard InChI is InChI=1S/C9H14O2/c1-5-2-6-4-7(3-5)8(6)9(10)11/h5-8H,2-4H2,1H3,(H,10,11). The van der Waals surface area contributed by atoms with Crippen LogP contribution in [0.4, 0.5) is 0 Å². The van der Waals surface area contributed by atoms with Crippen molar-refractivity contribution in [3.63, 3.8) is 0 Å². The summed E-state index contributed by atoms with van der Waals surface area (Å²) in [5.74, 6) is 1.26. The summed E-state index contributed by atoms with van der Waals surface area (Å²) in [7, 11) is 0. The first-order valence-corrected chi connectivity index (χ1v) is 4.41. The van der Waals surface area contributed by atoms with Crippen molar-refractivity contribution < 1.29 is 9.90 Å². The molecule has 3 saturated carbocycles. The summed E-state index contributed by atoms with van der Waals surface area (Å²) in [4.78, 5) is 10.7. The van der Waals surface area contributed by atoms with E-state index in [1.807, 2.05) is 0 Å². The van der Waals surface area contributed by atoms with Crippen LogP contribution in [0.2, 0.25) is 0 Å². The smallest absolute Gasteiger partial charge is 0.307 e. The lowest BCUT2D eigenvalue weighted by molar-refractivity contribution is -0.157. The largest absolute Gasteiger partial charge is 0.481 e. The molecule has 2 heteroatoms. The minimum Gasteiger partial charge on any atom is -0.481 e. The van der Waals surface area contributed by atoms with E-state index in [-0.39, 0.29) is 5.92 Å². The van der Waals surface area contributed by atoms with Crippen LogP contribution in [0.3, 0.4) is 0 Å². The fourth-order valence-corrected chi connectivity index (χ4v) is 2.89. The maximum atomic E-state index is 10.7. The highest BCUT2D eigenvalue weighted by molar-refractivity contribution is 5.72. The molecule has 2 bridgehead atoms. The molecule has 3 aliphatic carbocycles. The summed E-state index contributed by atoms with van der Waals surface area (Å²) in [6.07, 6.45) is 3.47. The molecule has 0 aromatic rings. The Morgan fingerprint density at radius 3 is 2.27 bits per heavy atom. The molecule has 0 radical (unpaired) electrons. The zero-order valence-electron chi connectivity index (χ0n) is 6.79. The Morgan fingerprint density at radius 1 is 1.27 bits per heavy atom. The Labute approximate surface area is 66.6 Å². The van der Waals surface area contributed by atoms with Crippen LogP contribution in [0.5, 0.6) is 0 Å². The van der Waals surface area contributed by atoms with E-state index in [0.29, 0.717) is 11.8 Å². The Balaban J connectivity index is 2.04. The third-order valence-electron chi connectivity index (χ3n) is 3.32. The summed E-state index contributed by atoms with van der Waals surface area (Å²) < 4.78 is 0. The molecule has 0 aromatic carbocycles. The molecule has 0 amide bonds. The number of carboxylic acid groups (broad SMARTS) is 1. The van der Waals surface area contributed by atoms with Gasteiger partial charge >= 0.3 is 5.97 Å². The van der Waals surface area contributed by atoms with Gasteiger partial charge in [0.15, 0.2) is 0 Å². The van der Waals surface area contributed by atoms with Gasteiger partial charge in [-0.25, -0.2) is 0 Å². The quantitative estimate of drug-likeness (QED) is 0.624. The zero-order chi connectivity index (χ0) is 8.01. The molecule has 3 fully saturated rings. The first kappa shape index (κ1) is 7.14. The topological polar surface area (TPSA) is 37.3 Å². The highest BCUT2D eigenvalue weighted by Gasteiger charge is 2.49. The van der Waals surface area contributed by atoms with Crippen molar-refractivity contribution in [1.82, 2.24) is 0 Å².